The number of amides is 2. The molecule has 0 bridgehead atoms. The first-order valence-corrected chi connectivity index (χ1v) is 7.52. The van der Waals surface area contributed by atoms with E-state index in [1.807, 2.05) is 13.0 Å². The molecule has 0 aliphatic carbocycles. The van der Waals surface area contributed by atoms with Crippen LogP contribution in [0.1, 0.15) is 33.3 Å². The minimum atomic E-state index is -0.267. The number of carbonyl (C=O) groups is 2. The Hall–Kier alpha value is -2.48. The molecule has 2 heterocycles. The molecule has 0 radical (unpaired) electrons. The number of nitrogens with zero attached hydrogens (tertiary/aromatic N) is 2. The predicted octanol–water partition coefficient (Wildman–Crippen LogP) is 1.67. The van der Waals surface area contributed by atoms with E-state index in [0.717, 1.165) is 10.6 Å². The number of anilines is 1. The quantitative estimate of drug-likeness (QED) is 0.898. The summed E-state index contributed by atoms with van der Waals surface area (Å²) in [5, 5.41) is 14.3. The van der Waals surface area contributed by atoms with Crippen molar-refractivity contribution in [2.24, 2.45) is 0 Å². The summed E-state index contributed by atoms with van der Waals surface area (Å²) in [5.41, 5.74) is 1.47. The minimum Gasteiger partial charge on any atom is -0.482 e. The lowest BCUT2D eigenvalue weighted by Gasteiger charge is -2.20. The average Bonchev–Trinajstić information content (AvgIpc) is 2.93. The van der Waals surface area contributed by atoms with Crippen LogP contribution in [0.5, 0.6) is 5.75 Å². The molecule has 1 aliphatic rings. The van der Waals surface area contributed by atoms with Crippen molar-refractivity contribution in [3.8, 4) is 5.75 Å². The number of aryl methyl sites for hydroxylation is 1. The number of carbonyl (C=O) groups excluding carboxylic acids is 2. The van der Waals surface area contributed by atoms with Crippen LogP contribution >= 0.6 is 11.3 Å². The first-order valence-electron chi connectivity index (χ1n) is 6.70. The summed E-state index contributed by atoms with van der Waals surface area (Å²) in [4.78, 5) is 23.4. The number of hydrogen-bond acceptors (Lipinski definition) is 6. The molecule has 1 aliphatic heterocycles. The summed E-state index contributed by atoms with van der Waals surface area (Å²) < 4.78 is 5.31. The number of nitrogens with one attached hydrogen (secondary N) is 2. The van der Waals surface area contributed by atoms with E-state index in [0.29, 0.717) is 16.4 Å². The van der Waals surface area contributed by atoms with Crippen LogP contribution in [0.15, 0.2) is 18.2 Å². The first kappa shape index (κ1) is 14.5. The third kappa shape index (κ3) is 2.91. The standard InChI is InChI=1S/C14H14N4O3S/c1-7(15-13(20)14-18-17-8(2)22-14)9-3-4-11-10(5-9)16-12(19)6-21-11/h3-5,7H,6H2,1-2H3,(H,15,20)(H,16,19). The molecule has 1 aromatic carbocycles. The summed E-state index contributed by atoms with van der Waals surface area (Å²) in [7, 11) is 0. The molecule has 7 nitrogen and oxygen atoms in total. The fourth-order valence-corrected chi connectivity index (χ4v) is 2.69. The van der Waals surface area contributed by atoms with E-state index in [2.05, 4.69) is 20.8 Å². The molecule has 1 atom stereocenters. The summed E-state index contributed by atoms with van der Waals surface area (Å²) in [6.45, 7) is 3.68. The number of rotatable bonds is 3. The van der Waals surface area contributed by atoms with Gasteiger partial charge in [-0.1, -0.05) is 17.4 Å². The maximum atomic E-state index is 12.1. The number of fused-ring (bicyclic) bond motifs is 1. The summed E-state index contributed by atoms with van der Waals surface area (Å²) >= 11 is 1.24. The molecule has 0 saturated heterocycles. The molecule has 0 fully saturated rings. The van der Waals surface area contributed by atoms with Crippen molar-refractivity contribution in [3.63, 3.8) is 0 Å². The van der Waals surface area contributed by atoms with Crippen LogP contribution in [-0.4, -0.2) is 28.6 Å². The van der Waals surface area contributed by atoms with E-state index < -0.39 is 0 Å². The third-order valence-electron chi connectivity index (χ3n) is 3.20. The predicted molar refractivity (Wildman–Crippen MR) is 81.1 cm³/mol. The van der Waals surface area contributed by atoms with Gasteiger partial charge in [-0.05, 0) is 31.5 Å². The average molecular weight is 318 g/mol. The van der Waals surface area contributed by atoms with Crippen LogP contribution in [-0.2, 0) is 4.79 Å². The fourth-order valence-electron chi connectivity index (χ4n) is 2.10. The number of ether oxygens (including phenoxy) is 1. The van der Waals surface area contributed by atoms with Gasteiger partial charge in [0.05, 0.1) is 11.7 Å². The van der Waals surface area contributed by atoms with Crippen LogP contribution in [0.3, 0.4) is 0 Å². The van der Waals surface area contributed by atoms with Gasteiger partial charge in [0.2, 0.25) is 5.01 Å². The Morgan fingerprint density at radius 3 is 3.00 bits per heavy atom. The molecule has 3 rings (SSSR count). The van der Waals surface area contributed by atoms with Gasteiger partial charge in [0.25, 0.3) is 11.8 Å². The normalized spacial score (nSPS) is 14.5. The van der Waals surface area contributed by atoms with Crippen LogP contribution < -0.4 is 15.4 Å². The van der Waals surface area contributed by atoms with E-state index in [1.54, 1.807) is 19.1 Å². The molecule has 114 valence electrons. The van der Waals surface area contributed by atoms with Crippen molar-refractivity contribution in [1.29, 1.82) is 0 Å². The van der Waals surface area contributed by atoms with Gasteiger partial charge in [-0.2, -0.15) is 0 Å². The largest absolute Gasteiger partial charge is 0.482 e. The fraction of sp³-hybridized carbons (Fsp3) is 0.286. The van der Waals surface area contributed by atoms with Gasteiger partial charge in [-0.15, -0.1) is 10.2 Å². The lowest BCUT2D eigenvalue weighted by Crippen LogP contribution is -2.28. The monoisotopic (exact) mass is 318 g/mol. The van der Waals surface area contributed by atoms with Gasteiger partial charge in [0.15, 0.2) is 6.61 Å². The Morgan fingerprint density at radius 1 is 1.45 bits per heavy atom. The SMILES string of the molecule is Cc1nnc(C(=O)NC(C)c2ccc3c(c2)NC(=O)CO3)s1. The second-order valence-electron chi connectivity index (χ2n) is 4.91. The molecule has 1 unspecified atom stereocenters. The van der Waals surface area contributed by atoms with E-state index in [4.69, 9.17) is 4.74 Å². The summed E-state index contributed by atoms with van der Waals surface area (Å²) in [6.07, 6.45) is 0. The van der Waals surface area contributed by atoms with E-state index in [-0.39, 0.29) is 24.5 Å². The lowest BCUT2D eigenvalue weighted by atomic mass is 10.1. The van der Waals surface area contributed by atoms with Gasteiger partial charge in [-0.25, -0.2) is 0 Å². The summed E-state index contributed by atoms with van der Waals surface area (Å²) in [6, 6.07) is 5.19. The number of hydrogen-bond donors (Lipinski definition) is 2. The molecule has 1 aromatic heterocycles. The maximum absolute atomic E-state index is 12.1. The topological polar surface area (TPSA) is 93.2 Å². The van der Waals surface area contributed by atoms with Crippen molar-refractivity contribution >= 4 is 28.8 Å². The molecule has 2 aromatic rings. The van der Waals surface area contributed by atoms with Crippen LogP contribution in [0.4, 0.5) is 5.69 Å². The van der Waals surface area contributed by atoms with E-state index >= 15 is 0 Å². The Kier molecular flexibility index (Phi) is 3.76. The first-order chi connectivity index (χ1) is 10.5. The van der Waals surface area contributed by atoms with Crippen LogP contribution in [0, 0.1) is 6.92 Å². The van der Waals surface area contributed by atoms with Gasteiger partial charge in [0, 0.05) is 0 Å². The highest BCUT2D eigenvalue weighted by atomic mass is 32.1. The van der Waals surface area contributed by atoms with Crippen molar-refractivity contribution in [3.05, 3.63) is 33.8 Å². The molecule has 22 heavy (non-hydrogen) atoms. The van der Waals surface area contributed by atoms with Crippen molar-refractivity contribution < 1.29 is 14.3 Å². The van der Waals surface area contributed by atoms with Crippen LogP contribution in [0.25, 0.3) is 0 Å². The Labute approximate surface area is 130 Å². The molecule has 0 spiro atoms. The molecule has 2 amide bonds. The minimum absolute atomic E-state index is 0.0229. The van der Waals surface area contributed by atoms with Gasteiger partial charge in [0.1, 0.15) is 10.8 Å². The number of benzene rings is 1. The maximum Gasteiger partial charge on any atom is 0.282 e. The van der Waals surface area contributed by atoms with E-state index in [9.17, 15) is 9.59 Å². The smallest absolute Gasteiger partial charge is 0.282 e. The zero-order valence-corrected chi connectivity index (χ0v) is 12.9. The van der Waals surface area contributed by atoms with Crippen LogP contribution in [0.2, 0.25) is 0 Å². The zero-order chi connectivity index (χ0) is 15.7. The summed E-state index contributed by atoms with van der Waals surface area (Å²) in [5.74, 6) is 0.170. The van der Waals surface area contributed by atoms with Gasteiger partial charge < -0.3 is 15.4 Å². The second-order valence-corrected chi connectivity index (χ2v) is 6.10. The zero-order valence-electron chi connectivity index (χ0n) is 12.0. The number of aromatic nitrogens is 2. The van der Waals surface area contributed by atoms with Crippen molar-refractivity contribution in [1.82, 2.24) is 15.5 Å². The lowest BCUT2D eigenvalue weighted by molar-refractivity contribution is -0.118. The highest BCUT2D eigenvalue weighted by Crippen LogP contribution is 2.30. The molecule has 8 heteroatoms. The second kappa shape index (κ2) is 5.72. The third-order valence-corrected chi connectivity index (χ3v) is 4.04. The molecular formula is C14H14N4O3S. The highest BCUT2D eigenvalue weighted by Gasteiger charge is 2.19. The van der Waals surface area contributed by atoms with Gasteiger partial charge >= 0.3 is 0 Å². The van der Waals surface area contributed by atoms with Gasteiger partial charge in [-0.3, -0.25) is 9.59 Å². The van der Waals surface area contributed by atoms with E-state index in [1.165, 1.54) is 11.3 Å². The van der Waals surface area contributed by atoms with Crippen molar-refractivity contribution in [2.45, 2.75) is 19.9 Å². The Balaban J connectivity index is 1.75. The Morgan fingerprint density at radius 2 is 2.27 bits per heavy atom. The molecular weight excluding hydrogens is 304 g/mol. The molecule has 0 saturated carbocycles. The highest BCUT2D eigenvalue weighted by molar-refractivity contribution is 7.13. The molecule has 2 N–H and O–H groups in total. The van der Waals surface area contributed by atoms with Crippen molar-refractivity contribution in [2.75, 3.05) is 11.9 Å². The Bertz CT molecular complexity index is 743.